The number of nitrogens with one attached hydrogen (secondary N) is 1. The summed E-state index contributed by atoms with van der Waals surface area (Å²) < 4.78 is 24.1. The van der Waals surface area contributed by atoms with Gasteiger partial charge in [0.05, 0.1) is 0 Å². The summed E-state index contributed by atoms with van der Waals surface area (Å²) in [5, 5.41) is 18.7. The molecule has 1 amide bonds. The van der Waals surface area contributed by atoms with Crippen LogP contribution in [0.4, 0.5) is 5.69 Å². The van der Waals surface area contributed by atoms with Crippen LogP contribution in [-0.4, -0.2) is 46.3 Å². The van der Waals surface area contributed by atoms with Crippen LogP contribution in [0, 0.1) is 0 Å². The number of amides is 1. The predicted molar refractivity (Wildman–Crippen MR) is 83.5 cm³/mol. The van der Waals surface area contributed by atoms with E-state index in [2.05, 4.69) is 21.8 Å². The molecule has 0 fully saturated rings. The summed E-state index contributed by atoms with van der Waals surface area (Å²) in [5.74, 6) is -0.461. The maximum atomic E-state index is 11.4. The normalized spacial score (nSPS) is 12.5. The maximum Gasteiger partial charge on any atom is 0.303 e. The van der Waals surface area contributed by atoms with Gasteiger partial charge in [0.15, 0.2) is 0 Å². The van der Waals surface area contributed by atoms with E-state index in [4.69, 9.17) is 10.4 Å². The molecule has 0 saturated carbocycles. The Labute approximate surface area is 135 Å². The van der Waals surface area contributed by atoms with Crippen LogP contribution in [-0.2, 0) is 17.2 Å². The van der Waals surface area contributed by atoms with Crippen molar-refractivity contribution in [3.05, 3.63) is 24.3 Å². The molecule has 22 heavy (non-hydrogen) atoms. The summed E-state index contributed by atoms with van der Waals surface area (Å²) in [4.78, 5) is 20.5. The van der Waals surface area contributed by atoms with E-state index < -0.39 is 20.1 Å². The number of thiol groups is 1. The zero-order valence-corrected chi connectivity index (χ0v) is 14.6. The zero-order valence-electron chi connectivity index (χ0n) is 11.8. The summed E-state index contributed by atoms with van der Waals surface area (Å²) in [5.41, 5.74) is 0.157. The number of benzene rings is 1. The molecule has 0 aliphatic carbocycles. The Balaban J connectivity index is 0.000000534. The van der Waals surface area contributed by atoms with Crippen molar-refractivity contribution in [2.75, 3.05) is 11.1 Å². The van der Waals surface area contributed by atoms with Gasteiger partial charge in [0.2, 0.25) is 0 Å². The van der Waals surface area contributed by atoms with Crippen LogP contribution in [0.25, 0.3) is 0 Å². The van der Waals surface area contributed by atoms with Crippen molar-refractivity contribution in [1.29, 1.82) is 0 Å². The van der Waals surface area contributed by atoms with Crippen LogP contribution in [0.2, 0.25) is 0 Å². The van der Waals surface area contributed by atoms with E-state index in [0.29, 0.717) is 12.2 Å². The van der Waals surface area contributed by atoms with Crippen molar-refractivity contribution in [1.82, 2.24) is 0 Å². The van der Waals surface area contributed by atoms with Crippen LogP contribution in [0.15, 0.2) is 24.3 Å². The van der Waals surface area contributed by atoms with E-state index in [9.17, 15) is 17.4 Å². The van der Waals surface area contributed by atoms with Crippen molar-refractivity contribution in [3.8, 4) is 0 Å². The Morgan fingerprint density at radius 2 is 1.95 bits per heavy atom. The number of para-hydroxylation sites is 1. The molecule has 0 aliphatic heterocycles. The van der Waals surface area contributed by atoms with Crippen molar-refractivity contribution >= 4 is 48.7 Å². The van der Waals surface area contributed by atoms with E-state index in [-0.39, 0.29) is 22.4 Å². The molecule has 0 aliphatic rings. The van der Waals surface area contributed by atoms with Gasteiger partial charge >= 0.3 is 94.4 Å². The third-order valence-electron chi connectivity index (χ3n) is 2.18. The number of carbonyl (C=O) groups is 2. The molecular weight excluding hydrogens is 377 g/mol. The summed E-state index contributed by atoms with van der Waals surface area (Å²) >= 11 is -1.09. The van der Waals surface area contributed by atoms with E-state index >= 15 is 0 Å². The number of aliphatic carboxylic acids is 1. The minimum Gasteiger partial charge on any atom is -0.481 e. The van der Waals surface area contributed by atoms with Crippen LogP contribution in [0.5, 0.6) is 0 Å². The van der Waals surface area contributed by atoms with E-state index in [1.807, 2.05) is 0 Å². The standard InChI is InChI=1S/C8H10AsNO5.C4H8O2S/c1-6(11)10-8-5-3-2-4-7(8)9(12,13)15-14;5-4(6)2-1-3-7/h2-5,14H,1H3,(H,10,11)(H,12,13);7H,1-3H2,(H,5,6). The number of hydrogen-bond acceptors (Lipinski definition) is 6. The third kappa shape index (κ3) is 8.25. The molecule has 4 N–H and O–H groups in total. The van der Waals surface area contributed by atoms with Crippen LogP contribution < -0.4 is 9.67 Å². The maximum absolute atomic E-state index is 11.4. The largest absolute Gasteiger partial charge is 0.481 e. The molecule has 0 saturated heterocycles. The zero-order chi connectivity index (χ0) is 17.2. The summed E-state index contributed by atoms with van der Waals surface area (Å²) in [6.07, 6.45) is 0.905. The molecule has 0 bridgehead atoms. The van der Waals surface area contributed by atoms with Gasteiger partial charge in [-0.2, -0.15) is 12.6 Å². The Hall–Kier alpha value is -1.25. The van der Waals surface area contributed by atoms with Gasteiger partial charge in [-0.25, -0.2) is 0 Å². The number of rotatable bonds is 6. The van der Waals surface area contributed by atoms with E-state index in [1.165, 1.54) is 25.1 Å². The van der Waals surface area contributed by atoms with Gasteiger partial charge < -0.3 is 5.11 Å². The summed E-state index contributed by atoms with van der Waals surface area (Å²) in [6.45, 7) is 1.27. The minimum atomic E-state index is -4.92. The van der Waals surface area contributed by atoms with Gasteiger partial charge in [0.1, 0.15) is 0 Å². The van der Waals surface area contributed by atoms with Gasteiger partial charge in [0.25, 0.3) is 0 Å². The van der Waals surface area contributed by atoms with Gasteiger partial charge in [-0.05, 0) is 12.2 Å². The number of anilines is 1. The minimum absolute atomic E-state index is 0.103. The van der Waals surface area contributed by atoms with Crippen LogP contribution in [0.1, 0.15) is 19.8 Å². The second-order valence-corrected chi connectivity index (χ2v) is 8.01. The second-order valence-electron chi connectivity index (χ2n) is 4.02. The fraction of sp³-hybridized carbons (Fsp3) is 0.333. The van der Waals surface area contributed by atoms with E-state index in [0.717, 1.165) is 0 Å². The smallest absolute Gasteiger partial charge is 0.303 e. The molecule has 0 heterocycles. The number of hydrogen-bond donors (Lipinski definition) is 5. The first-order valence-electron chi connectivity index (χ1n) is 6.10. The van der Waals surface area contributed by atoms with E-state index in [1.54, 1.807) is 6.07 Å². The average molecular weight is 395 g/mol. The SMILES string of the molecule is CC(=O)Nc1ccccc1[As](=O)(O)OO.O=C(O)CCCS. The Kier molecular flexibility index (Phi) is 9.87. The second kappa shape index (κ2) is 10.5. The van der Waals surface area contributed by atoms with Crippen LogP contribution in [0.3, 0.4) is 0 Å². The molecule has 124 valence electrons. The Bertz CT molecular complexity index is 552. The van der Waals surface area contributed by atoms with Gasteiger partial charge in [-0.3, -0.25) is 4.79 Å². The van der Waals surface area contributed by atoms with Crippen molar-refractivity contribution in [3.63, 3.8) is 0 Å². The third-order valence-corrected chi connectivity index (χ3v) is 5.05. The predicted octanol–water partition coefficient (Wildman–Crippen LogP) is 0.484. The topological polar surface area (TPSA) is 133 Å². The quantitative estimate of drug-likeness (QED) is 0.205. The number of carboxylic acid groups (broad SMARTS) is 1. The van der Waals surface area contributed by atoms with Gasteiger partial charge in [0, 0.05) is 6.42 Å². The fourth-order valence-corrected chi connectivity index (χ4v) is 3.12. The number of carbonyl (C=O) groups excluding carboxylic acids is 1. The van der Waals surface area contributed by atoms with Crippen LogP contribution >= 0.6 is 12.6 Å². The Morgan fingerprint density at radius 1 is 1.36 bits per heavy atom. The van der Waals surface area contributed by atoms with Gasteiger partial charge in [-0.15, -0.1) is 0 Å². The molecule has 8 nitrogen and oxygen atoms in total. The molecule has 0 radical (unpaired) electrons. The first-order valence-corrected chi connectivity index (χ1v) is 10.0. The van der Waals surface area contributed by atoms with Gasteiger partial charge in [-0.1, -0.05) is 0 Å². The average Bonchev–Trinajstić information content (AvgIpc) is 2.45. The van der Waals surface area contributed by atoms with Crippen molar-refractivity contribution in [2.24, 2.45) is 0 Å². The van der Waals surface area contributed by atoms with Crippen molar-refractivity contribution < 1.29 is 31.7 Å². The first-order chi connectivity index (χ1) is 10.2. The molecule has 10 heteroatoms. The molecular formula is C12H18AsNO7S. The molecule has 1 aromatic carbocycles. The Morgan fingerprint density at radius 3 is 2.36 bits per heavy atom. The molecule has 1 rings (SSSR count). The molecule has 1 unspecified atom stereocenters. The summed E-state index contributed by atoms with van der Waals surface area (Å²) in [6, 6.07) is 5.84. The fourth-order valence-electron chi connectivity index (χ4n) is 1.29. The molecule has 1 aromatic rings. The molecule has 1 atom stereocenters. The number of carboxylic acids is 1. The monoisotopic (exact) mass is 395 g/mol. The first kappa shape index (κ1) is 20.7. The summed E-state index contributed by atoms with van der Waals surface area (Å²) in [7, 11) is 0. The molecule has 0 spiro atoms. The molecule has 0 aromatic heterocycles. The van der Waals surface area contributed by atoms with Crippen molar-refractivity contribution in [2.45, 2.75) is 19.8 Å².